The van der Waals surface area contributed by atoms with Crippen molar-refractivity contribution in [2.24, 2.45) is 0 Å². The van der Waals surface area contributed by atoms with Gasteiger partial charge in [-0.25, -0.2) is 0 Å². The molecule has 0 saturated heterocycles. The van der Waals surface area contributed by atoms with Crippen LogP contribution in [0.3, 0.4) is 0 Å². The predicted molar refractivity (Wildman–Crippen MR) is 66.3 cm³/mol. The van der Waals surface area contributed by atoms with E-state index in [0.717, 1.165) is 0 Å². The Kier molecular flexibility index (Phi) is 2.68. The first kappa shape index (κ1) is 10.5. The summed E-state index contributed by atoms with van der Waals surface area (Å²) in [7, 11) is 0. The maximum atomic E-state index is 2.34. The van der Waals surface area contributed by atoms with Gasteiger partial charge in [0, 0.05) is 5.92 Å². The van der Waals surface area contributed by atoms with E-state index in [1.54, 1.807) is 0 Å². The molecule has 1 aliphatic carbocycles. The zero-order valence-corrected chi connectivity index (χ0v) is 9.96. The van der Waals surface area contributed by atoms with Gasteiger partial charge < -0.3 is 0 Å². The predicted octanol–water partition coefficient (Wildman–Crippen LogP) is 4.42. The van der Waals surface area contributed by atoms with Gasteiger partial charge in [-0.1, -0.05) is 57.2 Å². The monoisotopic (exact) mass is 200 g/mol. The van der Waals surface area contributed by atoms with Crippen molar-refractivity contribution >= 4 is 0 Å². The van der Waals surface area contributed by atoms with Crippen LogP contribution in [0.25, 0.3) is 0 Å². The summed E-state index contributed by atoms with van der Waals surface area (Å²) in [5.41, 5.74) is 3.16. The van der Waals surface area contributed by atoms with Crippen LogP contribution in [0.15, 0.2) is 36.4 Å². The Morgan fingerprint density at radius 3 is 2.20 bits per heavy atom. The molecule has 80 valence electrons. The normalized spacial score (nSPS) is 20.9. The molecule has 0 heteroatoms. The molecule has 1 aliphatic rings. The van der Waals surface area contributed by atoms with Gasteiger partial charge in [0.15, 0.2) is 0 Å². The third-order valence-electron chi connectivity index (χ3n) is 3.22. The molecule has 0 spiro atoms. The lowest BCUT2D eigenvalue weighted by Crippen LogP contribution is -2.10. The van der Waals surface area contributed by atoms with Gasteiger partial charge in [-0.05, 0) is 29.4 Å². The van der Waals surface area contributed by atoms with Crippen molar-refractivity contribution < 1.29 is 0 Å². The average molecular weight is 200 g/mol. The van der Waals surface area contributed by atoms with E-state index in [9.17, 15) is 0 Å². The molecule has 0 aliphatic heterocycles. The number of hydrogen-bond acceptors (Lipinski definition) is 0. The van der Waals surface area contributed by atoms with Gasteiger partial charge in [-0.3, -0.25) is 0 Å². The second-order valence-corrected chi connectivity index (χ2v) is 5.48. The van der Waals surface area contributed by atoms with Crippen LogP contribution in [0.2, 0.25) is 0 Å². The zero-order chi connectivity index (χ0) is 10.9. The average Bonchev–Trinajstić information content (AvgIpc) is 2.69. The third kappa shape index (κ3) is 2.31. The Bertz CT molecular complexity index is 349. The van der Waals surface area contributed by atoms with Gasteiger partial charge in [0.05, 0.1) is 0 Å². The molecule has 0 bridgehead atoms. The van der Waals surface area contributed by atoms with E-state index in [0.29, 0.717) is 5.92 Å². The standard InChI is InChI=1S/C15H20/c1-15(2,3)14-10-8-13(9-11-14)12-6-4-5-7-12/h4,6,8-12H,5,7H2,1-3H3. The molecule has 1 aromatic rings. The fourth-order valence-corrected chi connectivity index (χ4v) is 2.14. The molecule has 15 heavy (non-hydrogen) atoms. The van der Waals surface area contributed by atoms with Crippen molar-refractivity contribution in [1.82, 2.24) is 0 Å². The highest BCUT2D eigenvalue weighted by molar-refractivity contribution is 5.32. The SMILES string of the molecule is CC(C)(C)c1ccc(C2C=CCC2)cc1. The molecular formula is C15H20. The first-order valence-electron chi connectivity index (χ1n) is 5.84. The van der Waals surface area contributed by atoms with Crippen molar-refractivity contribution in [3.05, 3.63) is 47.5 Å². The summed E-state index contributed by atoms with van der Waals surface area (Å²) in [6.45, 7) is 6.78. The number of hydrogen-bond donors (Lipinski definition) is 0. The molecule has 1 atom stereocenters. The van der Waals surface area contributed by atoms with E-state index >= 15 is 0 Å². The molecule has 0 radical (unpaired) electrons. The van der Waals surface area contributed by atoms with E-state index in [1.807, 2.05) is 0 Å². The smallest absolute Gasteiger partial charge is 0.00209 e. The molecule has 0 fully saturated rings. The molecule has 0 amide bonds. The van der Waals surface area contributed by atoms with Crippen LogP contribution in [0.5, 0.6) is 0 Å². The lowest BCUT2D eigenvalue weighted by molar-refractivity contribution is 0.589. The summed E-state index contributed by atoms with van der Waals surface area (Å²) in [4.78, 5) is 0. The summed E-state index contributed by atoms with van der Waals surface area (Å²) in [6, 6.07) is 9.14. The van der Waals surface area contributed by atoms with Crippen LogP contribution in [-0.2, 0) is 5.41 Å². The van der Waals surface area contributed by atoms with Gasteiger partial charge in [0.25, 0.3) is 0 Å². The fourth-order valence-electron chi connectivity index (χ4n) is 2.14. The van der Waals surface area contributed by atoms with E-state index < -0.39 is 0 Å². The molecular weight excluding hydrogens is 180 g/mol. The van der Waals surface area contributed by atoms with Crippen molar-refractivity contribution in [1.29, 1.82) is 0 Å². The minimum atomic E-state index is 0.268. The zero-order valence-electron chi connectivity index (χ0n) is 9.96. The third-order valence-corrected chi connectivity index (χ3v) is 3.22. The minimum Gasteiger partial charge on any atom is -0.0879 e. The number of benzene rings is 1. The molecule has 2 rings (SSSR count). The van der Waals surface area contributed by atoms with Crippen molar-refractivity contribution in [3.8, 4) is 0 Å². The highest BCUT2D eigenvalue weighted by Gasteiger charge is 2.15. The Labute approximate surface area is 93.0 Å². The van der Waals surface area contributed by atoms with E-state index in [4.69, 9.17) is 0 Å². The maximum absolute atomic E-state index is 2.34. The first-order chi connectivity index (χ1) is 7.07. The second kappa shape index (κ2) is 3.84. The summed E-state index contributed by atoms with van der Waals surface area (Å²) < 4.78 is 0. The van der Waals surface area contributed by atoms with Crippen LogP contribution in [0.4, 0.5) is 0 Å². The van der Waals surface area contributed by atoms with Gasteiger partial charge in [0.2, 0.25) is 0 Å². The van der Waals surface area contributed by atoms with Crippen LogP contribution < -0.4 is 0 Å². The van der Waals surface area contributed by atoms with Crippen LogP contribution in [0.1, 0.15) is 50.7 Å². The van der Waals surface area contributed by atoms with E-state index in [1.165, 1.54) is 24.0 Å². The van der Waals surface area contributed by atoms with Crippen molar-refractivity contribution in [2.75, 3.05) is 0 Å². The van der Waals surface area contributed by atoms with E-state index in [-0.39, 0.29) is 5.41 Å². The van der Waals surface area contributed by atoms with Crippen molar-refractivity contribution in [2.45, 2.75) is 44.9 Å². The van der Waals surface area contributed by atoms with Gasteiger partial charge >= 0.3 is 0 Å². The molecule has 0 saturated carbocycles. The number of allylic oxidation sites excluding steroid dienone is 2. The maximum Gasteiger partial charge on any atom is 0.00209 e. The van der Waals surface area contributed by atoms with Crippen LogP contribution in [-0.4, -0.2) is 0 Å². The Morgan fingerprint density at radius 1 is 1.07 bits per heavy atom. The first-order valence-corrected chi connectivity index (χ1v) is 5.84. The highest BCUT2D eigenvalue weighted by atomic mass is 14.2. The van der Waals surface area contributed by atoms with Gasteiger partial charge in [-0.15, -0.1) is 0 Å². The van der Waals surface area contributed by atoms with Crippen LogP contribution in [0, 0.1) is 0 Å². The molecule has 0 N–H and O–H groups in total. The van der Waals surface area contributed by atoms with E-state index in [2.05, 4.69) is 57.2 Å². The second-order valence-electron chi connectivity index (χ2n) is 5.48. The van der Waals surface area contributed by atoms with Crippen LogP contribution >= 0.6 is 0 Å². The summed E-state index contributed by atoms with van der Waals surface area (Å²) >= 11 is 0. The Balaban J connectivity index is 2.20. The van der Waals surface area contributed by atoms with Crippen molar-refractivity contribution in [3.63, 3.8) is 0 Å². The van der Waals surface area contributed by atoms with Gasteiger partial charge in [-0.2, -0.15) is 0 Å². The minimum absolute atomic E-state index is 0.268. The summed E-state index contributed by atoms with van der Waals surface area (Å²) in [5, 5.41) is 0. The number of rotatable bonds is 1. The summed E-state index contributed by atoms with van der Waals surface area (Å²) in [5.74, 6) is 0.666. The Morgan fingerprint density at radius 2 is 1.73 bits per heavy atom. The molecule has 0 nitrogen and oxygen atoms in total. The topological polar surface area (TPSA) is 0 Å². The molecule has 0 heterocycles. The quantitative estimate of drug-likeness (QED) is 0.589. The highest BCUT2D eigenvalue weighted by Crippen LogP contribution is 2.30. The lowest BCUT2D eigenvalue weighted by Gasteiger charge is -2.19. The molecule has 1 unspecified atom stereocenters. The fraction of sp³-hybridized carbons (Fsp3) is 0.467. The lowest BCUT2D eigenvalue weighted by atomic mass is 9.85. The van der Waals surface area contributed by atoms with Gasteiger partial charge in [0.1, 0.15) is 0 Å². The summed E-state index contributed by atoms with van der Waals surface area (Å²) in [6.07, 6.45) is 7.16. The largest absolute Gasteiger partial charge is 0.0879 e. The Hall–Kier alpha value is -1.04. The molecule has 0 aromatic heterocycles. The molecule has 1 aromatic carbocycles.